The molecule has 0 saturated heterocycles. The monoisotopic (exact) mass is 345 g/mol. The zero-order chi connectivity index (χ0) is 16.3. The number of rotatable bonds is 17. The van der Waals surface area contributed by atoms with Crippen LogP contribution < -0.4 is 5.73 Å². The molecular formula is C19H39NS2. The molecule has 0 aromatic heterocycles. The van der Waals surface area contributed by atoms with Gasteiger partial charge in [-0.15, -0.1) is 0 Å². The van der Waals surface area contributed by atoms with Gasteiger partial charge in [-0.1, -0.05) is 127 Å². The lowest BCUT2D eigenvalue weighted by molar-refractivity contribution is 0.532. The third-order valence-corrected chi connectivity index (χ3v) is 5.37. The molecule has 0 saturated carbocycles. The molecule has 0 bridgehead atoms. The van der Waals surface area contributed by atoms with Crippen LogP contribution in [-0.2, 0) is 0 Å². The van der Waals surface area contributed by atoms with Crippen molar-refractivity contribution >= 4 is 28.3 Å². The number of unbranched alkanes of at least 4 members (excludes halogenated alkanes) is 15. The number of thiocarbonyl (C=S) groups is 1. The van der Waals surface area contributed by atoms with Crippen LogP contribution in [0.3, 0.4) is 0 Å². The molecule has 0 amide bonds. The van der Waals surface area contributed by atoms with Gasteiger partial charge >= 0.3 is 0 Å². The largest absolute Gasteiger partial charge is 0.385 e. The van der Waals surface area contributed by atoms with Crippen LogP contribution in [0.15, 0.2) is 0 Å². The fraction of sp³-hybridized carbons (Fsp3) is 0.947. The minimum absolute atomic E-state index is 0.598. The van der Waals surface area contributed by atoms with E-state index in [1.165, 1.54) is 103 Å². The Bertz CT molecular complexity index is 231. The molecule has 0 aromatic carbocycles. The summed E-state index contributed by atoms with van der Waals surface area (Å²) in [4.78, 5) is 0. The van der Waals surface area contributed by atoms with E-state index in [1.54, 1.807) is 11.8 Å². The molecule has 0 radical (unpaired) electrons. The van der Waals surface area contributed by atoms with Crippen LogP contribution in [0.2, 0.25) is 0 Å². The first kappa shape index (κ1) is 22.2. The normalized spacial score (nSPS) is 11.0. The van der Waals surface area contributed by atoms with Crippen molar-refractivity contribution in [2.45, 2.75) is 110 Å². The summed E-state index contributed by atoms with van der Waals surface area (Å²) in [6.07, 6.45) is 22.7. The lowest BCUT2D eigenvalue weighted by Crippen LogP contribution is -2.02. The molecule has 2 N–H and O–H groups in total. The lowest BCUT2D eigenvalue weighted by atomic mass is 10.0. The minimum atomic E-state index is 0.598. The van der Waals surface area contributed by atoms with E-state index in [-0.39, 0.29) is 0 Å². The lowest BCUT2D eigenvalue weighted by Gasteiger charge is -2.03. The van der Waals surface area contributed by atoms with Gasteiger partial charge in [0, 0.05) is 5.75 Å². The van der Waals surface area contributed by atoms with E-state index in [4.69, 9.17) is 18.0 Å². The first-order chi connectivity index (χ1) is 10.8. The summed E-state index contributed by atoms with van der Waals surface area (Å²) >= 11 is 6.47. The Morgan fingerprint density at radius 3 is 1.27 bits per heavy atom. The highest BCUT2D eigenvalue weighted by molar-refractivity contribution is 8.22. The van der Waals surface area contributed by atoms with Gasteiger partial charge in [0.1, 0.15) is 4.32 Å². The Morgan fingerprint density at radius 1 is 0.636 bits per heavy atom. The van der Waals surface area contributed by atoms with E-state index >= 15 is 0 Å². The van der Waals surface area contributed by atoms with Gasteiger partial charge in [-0.25, -0.2) is 0 Å². The minimum Gasteiger partial charge on any atom is -0.385 e. The molecule has 22 heavy (non-hydrogen) atoms. The maximum absolute atomic E-state index is 5.45. The second-order valence-electron chi connectivity index (χ2n) is 6.47. The zero-order valence-corrected chi connectivity index (χ0v) is 16.5. The number of hydrogen-bond donors (Lipinski definition) is 1. The van der Waals surface area contributed by atoms with Crippen molar-refractivity contribution in [2.75, 3.05) is 5.75 Å². The second kappa shape index (κ2) is 19.3. The van der Waals surface area contributed by atoms with Gasteiger partial charge in [0.05, 0.1) is 0 Å². The summed E-state index contributed by atoms with van der Waals surface area (Å²) in [5.41, 5.74) is 5.45. The number of thioether (sulfide) groups is 1. The molecule has 0 aliphatic rings. The topological polar surface area (TPSA) is 26.0 Å². The molecule has 0 fully saturated rings. The van der Waals surface area contributed by atoms with Crippen molar-refractivity contribution in [1.82, 2.24) is 0 Å². The van der Waals surface area contributed by atoms with Crippen LogP contribution in [0.1, 0.15) is 110 Å². The Morgan fingerprint density at radius 2 is 0.955 bits per heavy atom. The van der Waals surface area contributed by atoms with E-state index in [0.29, 0.717) is 4.32 Å². The number of nitrogens with two attached hydrogens (primary N) is 1. The maximum atomic E-state index is 5.45. The summed E-state index contributed by atoms with van der Waals surface area (Å²) in [6, 6.07) is 0. The quantitative estimate of drug-likeness (QED) is 0.222. The molecule has 1 nitrogen and oxygen atoms in total. The highest BCUT2D eigenvalue weighted by Crippen LogP contribution is 2.14. The van der Waals surface area contributed by atoms with Gasteiger partial charge < -0.3 is 5.73 Å². The summed E-state index contributed by atoms with van der Waals surface area (Å²) in [7, 11) is 0. The molecule has 3 heteroatoms. The van der Waals surface area contributed by atoms with E-state index in [2.05, 4.69) is 6.92 Å². The molecule has 0 aromatic rings. The van der Waals surface area contributed by atoms with Crippen LogP contribution in [0, 0.1) is 0 Å². The molecule has 0 atom stereocenters. The van der Waals surface area contributed by atoms with Gasteiger partial charge in [-0.2, -0.15) is 0 Å². The average Bonchev–Trinajstić information content (AvgIpc) is 2.50. The molecule has 0 heterocycles. The fourth-order valence-corrected chi connectivity index (χ4v) is 3.62. The SMILES string of the molecule is CCCCCCCCCCCCCCCCCCSC(N)=S. The van der Waals surface area contributed by atoms with Crippen molar-refractivity contribution in [2.24, 2.45) is 5.73 Å². The Hall–Kier alpha value is 0.240. The molecule has 0 aliphatic carbocycles. The smallest absolute Gasteiger partial charge is 0.131 e. The second-order valence-corrected chi connectivity index (χ2v) is 8.31. The van der Waals surface area contributed by atoms with Crippen LogP contribution in [0.25, 0.3) is 0 Å². The molecule has 132 valence electrons. The zero-order valence-electron chi connectivity index (χ0n) is 14.9. The van der Waals surface area contributed by atoms with Gasteiger partial charge in [0.2, 0.25) is 0 Å². The van der Waals surface area contributed by atoms with Gasteiger partial charge in [0.25, 0.3) is 0 Å². The van der Waals surface area contributed by atoms with Gasteiger partial charge in [-0.3, -0.25) is 0 Å². The van der Waals surface area contributed by atoms with E-state index in [9.17, 15) is 0 Å². The van der Waals surface area contributed by atoms with Crippen molar-refractivity contribution < 1.29 is 0 Å². The highest BCUT2D eigenvalue weighted by atomic mass is 32.2. The molecule has 0 aliphatic heterocycles. The maximum Gasteiger partial charge on any atom is 0.131 e. The van der Waals surface area contributed by atoms with Crippen molar-refractivity contribution in [3.8, 4) is 0 Å². The van der Waals surface area contributed by atoms with Crippen molar-refractivity contribution in [3.05, 3.63) is 0 Å². The van der Waals surface area contributed by atoms with Crippen LogP contribution in [-0.4, -0.2) is 10.1 Å². The number of hydrogen-bond acceptors (Lipinski definition) is 2. The first-order valence-corrected chi connectivity index (χ1v) is 11.1. The Labute approximate surface area is 149 Å². The van der Waals surface area contributed by atoms with Gasteiger partial charge in [-0.05, 0) is 6.42 Å². The van der Waals surface area contributed by atoms with E-state index in [1.807, 2.05) is 0 Å². The van der Waals surface area contributed by atoms with Crippen LogP contribution >= 0.6 is 24.0 Å². The summed E-state index contributed by atoms with van der Waals surface area (Å²) < 4.78 is 0.598. The van der Waals surface area contributed by atoms with Crippen LogP contribution in [0.5, 0.6) is 0 Å². The third kappa shape index (κ3) is 20.2. The standard InChI is InChI=1S/C19H39NS2/c1-2-3-4-5-6-7-8-9-10-11-12-13-14-15-16-17-18-22-19(20)21/h2-18H2,1H3,(H2,20,21). The molecule has 0 rings (SSSR count). The molecular weight excluding hydrogens is 306 g/mol. The summed E-state index contributed by atoms with van der Waals surface area (Å²) in [6.45, 7) is 2.29. The Kier molecular flexibility index (Phi) is 19.5. The van der Waals surface area contributed by atoms with Crippen molar-refractivity contribution in [3.63, 3.8) is 0 Å². The molecule has 0 unspecified atom stereocenters. The summed E-state index contributed by atoms with van der Waals surface area (Å²) in [5, 5.41) is 0. The fourth-order valence-electron chi connectivity index (χ4n) is 2.82. The van der Waals surface area contributed by atoms with Gasteiger partial charge in [0.15, 0.2) is 0 Å². The molecule has 0 spiro atoms. The van der Waals surface area contributed by atoms with Crippen molar-refractivity contribution in [1.29, 1.82) is 0 Å². The first-order valence-electron chi connectivity index (χ1n) is 9.69. The highest BCUT2D eigenvalue weighted by Gasteiger charge is 1.95. The van der Waals surface area contributed by atoms with E-state index < -0.39 is 0 Å². The predicted molar refractivity (Wildman–Crippen MR) is 109 cm³/mol. The van der Waals surface area contributed by atoms with E-state index in [0.717, 1.165) is 5.75 Å². The Balaban J connectivity index is 2.95. The average molecular weight is 346 g/mol. The van der Waals surface area contributed by atoms with Crippen LogP contribution in [0.4, 0.5) is 0 Å². The predicted octanol–water partition coefficient (Wildman–Crippen LogP) is 7.22. The third-order valence-electron chi connectivity index (χ3n) is 4.24. The summed E-state index contributed by atoms with van der Waals surface area (Å²) in [5.74, 6) is 1.10.